The third kappa shape index (κ3) is 1.70. The molecule has 3 atom stereocenters. The van der Waals surface area contributed by atoms with Gasteiger partial charge in [0.1, 0.15) is 0 Å². The van der Waals surface area contributed by atoms with Crippen LogP contribution in [0.25, 0.3) is 0 Å². The standard InChI is InChI=1S/C10H18O3/c1-4-5-10(3)8(11)7(2)6-13-9(10)12/h7-8,11H,4-6H2,1-3H3/t7-,8+,10+/m1/s1. The molecule has 1 rings (SSSR count). The quantitative estimate of drug-likeness (QED) is 0.662. The number of cyclic esters (lactones) is 1. The third-order valence-electron chi connectivity index (χ3n) is 2.90. The van der Waals surface area contributed by atoms with E-state index in [2.05, 4.69) is 0 Å². The van der Waals surface area contributed by atoms with Gasteiger partial charge in [-0.15, -0.1) is 0 Å². The van der Waals surface area contributed by atoms with Gasteiger partial charge in [-0.3, -0.25) is 4.79 Å². The van der Waals surface area contributed by atoms with Crippen molar-refractivity contribution in [2.24, 2.45) is 11.3 Å². The molecule has 3 nitrogen and oxygen atoms in total. The summed E-state index contributed by atoms with van der Waals surface area (Å²) in [6, 6.07) is 0. The van der Waals surface area contributed by atoms with E-state index in [4.69, 9.17) is 4.74 Å². The SMILES string of the molecule is CCC[C@]1(C)C(=O)OC[C@@H](C)[C@@H]1O. The maximum atomic E-state index is 11.5. The molecule has 1 fully saturated rings. The van der Waals surface area contributed by atoms with Crippen molar-refractivity contribution in [3.63, 3.8) is 0 Å². The van der Waals surface area contributed by atoms with Gasteiger partial charge in [-0.25, -0.2) is 0 Å². The Hall–Kier alpha value is -0.570. The van der Waals surface area contributed by atoms with Gasteiger partial charge in [0.15, 0.2) is 0 Å². The number of ether oxygens (including phenoxy) is 1. The van der Waals surface area contributed by atoms with Crippen LogP contribution in [0, 0.1) is 11.3 Å². The molecule has 0 saturated carbocycles. The van der Waals surface area contributed by atoms with Crippen LogP contribution in [-0.4, -0.2) is 23.8 Å². The smallest absolute Gasteiger partial charge is 0.314 e. The van der Waals surface area contributed by atoms with E-state index in [1.165, 1.54) is 0 Å². The summed E-state index contributed by atoms with van der Waals surface area (Å²) >= 11 is 0. The molecule has 1 aliphatic heterocycles. The Labute approximate surface area is 79.1 Å². The molecule has 0 aromatic heterocycles. The number of esters is 1. The lowest BCUT2D eigenvalue weighted by molar-refractivity contribution is -0.181. The summed E-state index contributed by atoms with van der Waals surface area (Å²) in [7, 11) is 0. The Balaban J connectivity index is 2.81. The van der Waals surface area contributed by atoms with E-state index in [-0.39, 0.29) is 11.9 Å². The summed E-state index contributed by atoms with van der Waals surface area (Å²) in [4.78, 5) is 11.5. The Morgan fingerprint density at radius 3 is 2.85 bits per heavy atom. The highest BCUT2D eigenvalue weighted by atomic mass is 16.5. The summed E-state index contributed by atoms with van der Waals surface area (Å²) in [5.41, 5.74) is -0.688. The molecule has 1 aliphatic rings. The normalized spacial score (nSPS) is 40.2. The monoisotopic (exact) mass is 186 g/mol. The van der Waals surface area contributed by atoms with Gasteiger partial charge in [0.25, 0.3) is 0 Å². The first kappa shape index (κ1) is 10.5. The lowest BCUT2D eigenvalue weighted by Crippen LogP contribution is -2.50. The first-order valence-corrected chi connectivity index (χ1v) is 4.87. The number of hydrogen-bond acceptors (Lipinski definition) is 3. The molecule has 0 radical (unpaired) electrons. The van der Waals surface area contributed by atoms with Crippen molar-refractivity contribution in [2.45, 2.75) is 39.7 Å². The molecule has 1 N–H and O–H groups in total. The Morgan fingerprint density at radius 2 is 2.31 bits per heavy atom. The fourth-order valence-electron chi connectivity index (χ4n) is 1.98. The van der Waals surface area contributed by atoms with Gasteiger partial charge >= 0.3 is 5.97 Å². The lowest BCUT2D eigenvalue weighted by Gasteiger charge is -2.39. The highest BCUT2D eigenvalue weighted by molar-refractivity contribution is 5.78. The molecule has 1 heterocycles. The van der Waals surface area contributed by atoms with Crippen molar-refractivity contribution < 1.29 is 14.6 Å². The summed E-state index contributed by atoms with van der Waals surface area (Å²) in [5.74, 6) is -0.200. The predicted octanol–water partition coefficient (Wildman–Crippen LogP) is 1.35. The minimum atomic E-state index is -0.688. The summed E-state index contributed by atoms with van der Waals surface area (Å²) < 4.78 is 5.03. The molecule has 3 heteroatoms. The molecule has 76 valence electrons. The Kier molecular flexibility index (Phi) is 2.96. The van der Waals surface area contributed by atoms with Crippen LogP contribution >= 0.6 is 0 Å². The second-order valence-corrected chi connectivity index (χ2v) is 4.19. The van der Waals surface area contributed by atoms with E-state index in [1.54, 1.807) is 6.92 Å². The molecule has 13 heavy (non-hydrogen) atoms. The van der Waals surface area contributed by atoms with Crippen LogP contribution in [0.1, 0.15) is 33.6 Å². The van der Waals surface area contributed by atoms with E-state index < -0.39 is 11.5 Å². The largest absolute Gasteiger partial charge is 0.465 e. The third-order valence-corrected chi connectivity index (χ3v) is 2.90. The van der Waals surface area contributed by atoms with Crippen molar-refractivity contribution in [2.75, 3.05) is 6.61 Å². The average Bonchev–Trinajstić information content (AvgIpc) is 2.10. The minimum Gasteiger partial charge on any atom is -0.465 e. The van der Waals surface area contributed by atoms with Crippen LogP contribution in [0.15, 0.2) is 0 Å². The Morgan fingerprint density at radius 1 is 1.69 bits per heavy atom. The summed E-state index contributed by atoms with van der Waals surface area (Å²) in [6.45, 7) is 6.05. The number of carbonyl (C=O) groups excluding carboxylic acids is 1. The van der Waals surface area contributed by atoms with E-state index in [1.807, 2.05) is 13.8 Å². The molecular weight excluding hydrogens is 168 g/mol. The van der Waals surface area contributed by atoms with Crippen LogP contribution in [0.2, 0.25) is 0 Å². The summed E-state index contributed by atoms with van der Waals surface area (Å²) in [5, 5.41) is 9.90. The zero-order valence-corrected chi connectivity index (χ0v) is 8.54. The minimum absolute atomic E-state index is 0.0502. The van der Waals surface area contributed by atoms with Crippen molar-refractivity contribution in [3.8, 4) is 0 Å². The number of aliphatic hydroxyl groups excluding tert-OH is 1. The number of carbonyl (C=O) groups is 1. The van der Waals surface area contributed by atoms with Crippen molar-refractivity contribution >= 4 is 5.97 Å². The predicted molar refractivity (Wildman–Crippen MR) is 49.1 cm³/mol. The second-order valence-electron chi connectivity index (χ2n) is 4.19. The number of rotatable bonds is 2. The van der Waals surface area contributed by atoms with Crippen LogP contribution in [0.5, 0.6) is 0 Å². The van der Waals surface area contributed by atoms with Crippen LogP contribution in [0.3, 0.4) is 0 Å². The lowest BCUT2D eigenvalue weighted by atomic mass is 9.74. The molecule has 0 unspecified atom stereocenters. The zero-order valence-electron chi connectivity index (χ0n) is 8.54. The molecule has 0 bridgehead atoms. The highest BCUT2D eigenvalue weighted by Gasteiger charge is 2.47. The summed E-state index contributed by atoms with van der Waals surface area (Å²) in [6.07, 6.45) is 1.01. The second kappa shape index (κ2) is 3.66. The van der Waals surface area contributed by atoms with E-state index in [0.717, 1.165) is 6.42 Å². The molecule has 0 aromatic carbocycles. The van der Waals surface area contributed by atoms with Gasteiger partial charge < -0.3 is 9.84 Å². The van der Waals surface area contributed by atoms with Crippen LogP contribution in [0.4, 0.5) is 0 Å². The number of hydrogen-bond donors (Lipinski definition) is 1. The maximum absolute atomic E-state index is 11.5. The van der Waals surface area contributed by atoms with Gasteiger partial charge in [0.05, 0.1) is 18.1 Å². The van der Waals surface area contributed by atoms with Crippen molar-refractivity contribution in [3.05, 3.63) is 0 Å². The molecule has 0 aromatic rings. The van der Waals surface area contributed by atoms with Gasteiger partial charge in [-0.1, -0.05) is 20.3 Å². The molecule has 1 saturated heterocycles. The highest BCUT2D eigenvalue weighted by Crippen LogP contribution is 2.36. The first-order valence-electron chi connectivity index (χ1n) is 4.87. The molecule has 0 aliphatic carbocycles. The van der Waals surface area contributed by atoms with E-state index in [0.29, 0.717) is 13.0 Å². The fourth-order valence-corrected chi connectivity index (χ4v) is 1.98. The topological polar surface area (TPSA) is 46.5 Å². The zero-order chi connectivity index (χ0) is 10.1. The van der Waals surface area contributed by atoms with Gasteiger partial charge in [-0.2, -0.15) is 0 Å². The number of aliphatic hydroxyl groups is 1. The van der Waals surface area contributed by atoms with Gasteiger partial charge in [0, 0.05) is 5.92 Å². The maximum Gasteiger partial charge on any atom is 0.314 e. The Bertz CT molecular complexity index is 202. The van der Waals surface area contributed by atoms with Gasteiger partial charge in [-0.05, 0) is 13.3 Å². The molecule has 0 amide bonds. The van der Waals surface area contributed by atoms with Crippen LogP contribution in [-0.2, 0) is 9.53 Å². The van der Waals surface area contributed by atoms with Crippen molar-refractivity contribution in [1.29, 1.82) is 0 Å². The van der Waals surface area contributed by atoms with Crippen LogP contribution < -0.4 is 0 Å². The molecular formula is C10H18O3. The first-order chi connectivity index (χ1) is 6.02. The molecule has 0 spiro atoms. The fraction of sp³-hybridized carbons (Fsp3) is 0.900. The van der Waals surface area contributed by atoms with E-state index >= 15 is 0 Å². The van der Waals surface area contributed by atoms with E-state index in [9.17, 15) is 9.90 Å². The van der Waals surface area contributed by atoms with Crippen molar-refractivity contribution in [1.82, 2.24) is 0 Å². The average molecular weight is 186 g/mol. The van der Waals surface area contributed by atoms with Gasteiger partial charge in [0.2, 0.25) is 0 Å².